The van der Waals surface area contributed by atoms with Crippen LogP contribution in [-0.2, 0) is 6.54 Å². The Bertz CT molecular complexity index is 417. The maximum Gasteiger partial charge on any atom is 0.0659 e. The van der Waals surface area contributed by atoms with E-state index in [1.165, 1.54) is 10.9 Å². The molecular formula is C12H14NO. The van der Waals surface area contributed by atoms with Gasteiger partial charge in [0.15, 0.2) is 0 Å². The van der Waals surface area contributed by atoms with Crippen LogP contribution in [0, 0.1) is 6.20 Å². The summed E-state index contributed by atoms with van der Waals surface area (Å²) in [5.74, 6) is 0. The average Bonchev–Trinajstić information content (AvgIpc) is 2.58. The Hall–Kier alpha value is -1.28. The van der Waals surface area contributed by atoms with E-state index in [1.54, 1.807) is 0 Å². The average molecular weight is 188 g/mol. The predicted molar refractivity (Wildman–Crippen MR) is 57.1 cm³/mol. The van der Waals surface area contributed by atoms with Crippen LogP contribution in [0.25, 0.3) is 10.9 Å². The third-order valence-corrected chi connectivity index (χ3v) is 2.37. The molecule has 1 aromatic heterocycles. The van der Waals surface area contributed by atoms with Crippen LogP contribution < -0.4 is 0 Å². The maximum absolute atomic E-state index is 9.20. The van der Waals surface area contributed by atoms with Crippen LogP contribution >= 0.6 is 0 Å². The second-order valence-electron chi connectivity index (χ2n) is 3.62. The summed E-state index contributed by atoms with van der Waals surface area (Å²) in [6.45, 7) is 2.64. The number of hydrogen-bond donors (Lipinski definition) is 1. The molecule has 1 atom stereocenters. The van der Waals surface area contributed by atoms with Crippen LogP contribution in [0.4, 0.5) is 0 Å². The molecule has 2 heteroatoms. The van der Waals surface area contributed by atoms with Gasteiger partial charge in [-0.1, -0.05) is 18.2 Å². The monoisotopic (exact) mass is 188 g/mol. The summed E-state index contributed by atoms with van der Waals surface area (Å²) >= 11 is 0. The second-order valence-corrected chi connectivity index (χ2v) is 3.62. The molecule has 0 bridgehead atoms. The minimum Gasteiger partial charge on any atom is -0.393 e. The number of hydrogen-bond acceptors (Lipinski definition) is 1. The van der Waals surface area contributed by atoms with Crippen molar-refractivity contribution in [1.82, 2.24) is 4.57 Å². The highest BCUT2D eigenvalue weighted by Gasteiger charge is 2.01. The van der Waals surface area contributed by atoms with Crippen LogP contribution in [0.1, 0.15) is 13.3 Å². The first kappa shape index (κ1) is 9.28. The third kappa shape index (κ3) is 1.80. The molecule has 0 aliphatic rings. The largest absolute Gasteiger partial charge is 0.393 e. The van der Waals surface area contributed by atoms with E-state index in [4.69, 9.17) is 0 Å². The maximum atomic E-state index is 9.20. The number of aliphatic hydroxyl groups excluding tert-OH is 1. The molecule has 2 aromatic rings. The molecular weight excluding hydrogens is 174 g/mol. The molecule has 0 saturated carbocycles. The molecule has 1 N–H and O–H groups in total. The van der Waals surface area contributed by atoms with Gasteiger partial charge in [0.05, 0.1) is 12.3 Å². The van der Waals surface area contributed by atoms with Crippen molar-refractivity contribution in [2.75, 3.05) is 0 Å². The van der Waals surface area contributed by atoms with Gasteiger partial charge in [-0.25, -0.2) is 0 Å². The summed E-state index contributed by atoms with van der Waals surface area (Å²) in [6.07, 6.45) is 3.70. The van der Waals surface area contributed by atoms with Gasteiger partial charge in [0.25, 0.3) is 0 Å². The smallest absolute Gasteiger partial charge is 0.0659 e. The van der Waals surface area contributed by atoms with E-state index >= 15 is 0 Å². The molecule has 0 aliphatic heterocycles. The lowest BCUT2D eigenvalue weighted by molar-refractivity contribution is 0.178. The molecule has 1 aromatic carbocycles. The van der Waals surface area contributed by atoms with E-state index in [1.807, 2.05) is 25.1 Å². The molecule has 14 heavy (non-hydrogen) atoms. The van der Waals surface area contributed by atoms with Gasteiger partial charge in [0.2, 0.25) is 0 Å². The molecule has 0 spiro atoms. The number of para-hydroxylation sites is 1. The standard InChI is InChI=1S/C12H14NO/c1-10(14)6-8-13-9-7-11-4-2-3-5-12(11)13/h2-5,7,10,14H,6,8H2,1H3. The number of benzene rings is 1. The fourth-order valence-corrected chi connectivity index (χ4v) is 1.57. The van der Waals surface area contributed by atoms with Crippen LogP contribution in [0.2, 0.25) is 0 Å². The van der Waals surface area contributed by atoms with E-state index in [0.29, 0.717) is 0 Å². The number of fused-ring (bicyclic) bond motifs is 1. The van der Waals surface area contributed by atoms with Crippen molar-refractivity contribution in [2.24, 2.45) is 0 Å². The molecule has 1 heterocycles. The summed E-state index contributed by atoms with van der Waals surface area (Å²) in [4.78, 5) is 0. The quantitative estimate of drug-likeness (QED) is 0.785. The SMILES string of the molecule is CC(O)CCn1[c]cc2ccccc21. The minimum atomic E-state index is -0.246. The molecule has 0 amide bonds. The lowest BCUT2D eigenvalue weighted by Gasteiger charge is -2.06. The molecule has 1 radical (unpaired) electrons. The zero-order valence-corrected chi connectivity index (χ0v) is 8.27. The Morgan fingerprint density at radius 2 is 2.21 bits per heavy atom. The summed E-state index contributed by atoms with van der Waals surface area (Å²) in [7, 11) is 0. The normalized spacial score (nSPS) is 13.3. The first-order valence-electron chi connectivity index (χ1n) is 4.91. The minimum absolute atomic E-state index is 0.246. The van der Waals surface area contributed by atoms with Crippen molar-refractivity contribution < 1.29 is 5.11 Å². The van der Waals surface area contributed by atoms with Crippen molar-refractivity contribution in [3.05, 3.63) is 36.5 Å². The van der Waals surface area contributed by atoms with Crippen molar-refractivity contribution in [2.45, 2.75) is 26.0 Å². The molecule has 0 aliphatic carbocycles. The number of aromatic nitrogens is 1. The number of aryl methyl sites for hydroxylation is 1. The van der Waals surface area contributed by atoms with Crippen molar-refractivity contribution in [3.8, 4) is 0 Å². The van der Waals surface area contributed by atoms with Gasteiger partial charge in [0, 0.05) is 17.4 Å². The van der Waals surface area contributed by atoms with Gasteiger partial charge in [-0.2, -0.15) is 0 Å². The summed E-state index contributed by atoms with van der Waals surface area (Å²) in [6, 6.07) is 10.2. The molecule has 0 saturated heterocycles. The number of aliphatic hydroxyl groups is 1. The highest BCUT2D eigenvalue weighted by molar-refractivity contribution is 5.79. The van der Waals surface area contributed by atoms with E-state index in [2.05, 4.69) is 22.9 Å². The lowest BCUT2D eigenvalue weighted by atomic mass is 10.2. The highest BCUT2D eigenvalue weighted by Crippen LogP contribution is 2.15. The fourth-order valence-electron chi connectivity index (χ4n) is 1.57. The predicted octanol–water partition coefficient (Wildman–Crippen LogP) is 2.21. The first-order valence-corrected chi connectivity index (χ1v) is 4.91. The van der Waals surface area contributed by atoms with Gasteiger partial charge >= 0.3 is 0 Å². The Balaban J connectivity index is 2.25. The van der Waals surface area contributed by atoms with Crippen LogP contribution in [-0.4, -0.2) is 15.8 Å². The number of nitrogens with zero attached hydrogens (tertiary/aromatic N) is 1. The van der Waals surface area contributed by atoms with Gasteiger partial charge in [-0.05, 0) is 25.5 Å². The van der Waals surface area contributed by atoms with Gasteiger partial charge in [-0.3, -0.25) is 0 Å². The van der Waals surface area contributed by atoms with E-state index < -0.39 is 0 Å². The third-order valence-electron chi connectivity index (χ3n) is 2.37. The number of rotatable bonds is 3. The molecule has 1 unspecified atom stereocenters. The van der Waals surface area contributed by atoms with E-state index in [9.17, 15) is 5.11 Å². The van der Waals surface area contributed by atoms with Gasteiger partial charge in [0.1, 0.15) is 0 Å². The van der Waals surface area contributed by atoms with Gasteiger partial charge in [-0.15, -0.1) is 0 Å². The summed E-state index contributed by atoms with van der Waals surface area (Å²) in [5, 5.41) is 10.4. The van der Waals surface area contributed by atoms with E-state index in [0.717, 1.165) is 13.0 Å². The summed E-state index contributed by atoms with van der Waals surface area (Å²) in [5.41, 5.74) is 1.19. The molecule has 2 rings (SSSR count). The van der Waals surface area contributed by atoms with Crippen LogP contribution in [0.15, 0.2) is 30.3 Å². The Morgan fingerprint density at radius 3 is 3.00 bits per heavy atom. The molecule has 73 valence electrons. The molecule has 0 fully saturated rings. The van der Waals surface area contributed by atoms with Crippen molar-refractivity contribution in [3.63, 3.8) is 0 Å². The van der Waals surface area contributed by atoms with Crippen LogP contribution in [0.3, 0.4) is 0 Å². The topological polar surface area (TPSA) is 25.2 Å². The second kappa shape index (κ2) is 3.84. The lowest BCUT2D eigenvalue weighted by Crippen LogP contribution is -2.05. The van der Waals surface area contributed by atoms with Crippen molar-refractivity contribution in [1.29, 1.82) is 0 Å². The fraction of sp³-hybridized carbons (Fsp3) is 0.333. The zero-order chi connectivity index (χ0) is 9.97. The Labute approximate surface area is 83.8 Å². The Morgan fingerprint density at radius 1 is 1.43 bits per heavy atom. The Kier molecular flexibility index (Phi) is 2.55. The highest BCUT2D eigenvalue weighted by atomic mass is 16.3. The molecule has 2 nitrogen and oxygen atoms in total. The zero-order valence-electron chi connectivity index (χ0n) is 8.27. The first-order chi connectivity index (χ1) is 6.77. The van der Waals surface area contributed by atoms with E-state index in [-0.39, 0.29) is 6.10 Å². The summed E-state index contributed by atoms with van der Waals surface area (Å²) < 4.78 is 2.06. The van der Waals surface area contributed by atoms with Gasteiger partial charge < -0.3 is 9.67 Å². The van der Waals surface area contributed by atoms with Crippen LogP contribution in [0.5, 0.6) is 0 Å². The van der Waals surface area contributed by atoms with Crippen molar-refractivity contribution >= 4 is 10.9 Å².